The molecule has 0 bridgehead atoms. The molecule has 2 aromatic heterocycles. The fourth-order valence-electron chi connectivity index (χ4n) is 2.33. The molecule has 2 heterocycles. The van der Waals surface area contributed by atoms with Crippen LogP contribution in [0.25, 0.3) is 22.4 Å². The van der Waals surface area contributed by atoms with Crippen LogP contribution in [0.1, 0.15) is 13.3 Å². The zero-order valence-corrected chi connectivity index (χ0v) is 10.9. The van der Waals surface area contributed by atoms with Gasteiger partial charge in [0.15, 0.2) is 0 Å². The van der Waals surface area contributed by atoms with Crippen LogP contribution in [0.15, 0.2) is 42.7 Å². The van der Waals surface area contributed by atoms with Gasteiger partial charge in [0.2, 0.25) is 0 Å². The molecule has 4 heteroatoms. The lowest BCUT2D eigenvalue weighted by Gasteiger charge is -2.07. The number of anilines is 1. The number of rotatable bonds is 3. The number of aromatic nitrogens is 3. The lowest BCUT2D eigenvalue weighted by molar-refractivity contribution is 0.704. The fraction of sp³-hybridized carbons (Fsp3) is 0.200. The first-order valence-corrected chi connectivity index (χ1v) is 6.45. The second-order valence-electron chi connectivity index (χ2n) is 4.58. The summed E-state index contributed by atoms with van der Waals surface area (Å²) in [5, 5.41) is 0. The molecule has 0 spiro atoms. The number of nitrogens with two attached hydrogens (primary N) is 1. The lowest BCUT2D eigenvalue weighted by Crippen LogP contribution is -2.00. The van der Waals surface area contributed by atoms with E-state index in [-0.39, 0.29) is 0 Å². The zero-order valence-electron chi connectivity index (χ0n) is 10.9. The van der Waals surface area contributed by atoms with Gasteiger partial charge in [-0.1, -0.05) is 19.1 Å². The number of imidazole rings is 1. The van der Waals surface area contributed by atoms with Gasteiger partial charge in [0, 0.05) is 24.5 Å². The zero-order chi connectivity index (χ0) is 13.2. The molecule has 0 aliphatic carbocycles. The predicted molar refractivity (Wildman–Crippen MR) is 77.7 cm³/mol. The molecule has 1 aromatic carbocycles. The summed E-state index contributed by atoms with van der Waals surface area (Å²) in [5.41, 5.74) is 9.60. The molecule has 0 saturated carbocycles. The molecule has 4 nitrogen and oxygen atoms in total. The first-order valence-electron chi connectivity index (χ1n) is 6.45. The Morgan fingerprint density at radius 3 is 2.84 bits per heavy atom. The Morgan fingerprint density at radius 1 is 1.21 bits per heavy atom. The number of benzene rings is 1. The minimum Gasteiger partial charge on any atom is -0.397 e. The van der Waals surface area contributed by atoms with E-state index >= 15 is 0 Å². The van der Waals surface area contributed by atoms with Crippen molar-refractivity contribution in [2.45, 2.75) is 19.9 Å². The van der Waals surface area contributed by atoms with Crippen molar-refractivity contribution >= 4 is 16.7 Å². The predicted octanol–water partition coefficient (Wildman–Crippen LogP) is 3.09. The topological polar surface area (TPSA) is 56.7 Å². The van der Waals surface area contributed by atoms with Crippen LogP contribution in [0, 0.1) is 0 Å². The van der Waals surface area contributed by atoms with Gasteiger partial charge in [-0.15, -0.1) is 0 Å². The highest BCUT2D eigenvalue weighted by Gasteiger charge is 2.11. The maximum absolute atomic E-state index is 5.81. The normalized spacial score (nSPS) is 11.0. The molecule has 96 valence electrons. The van der Waals surface area contributed by atoms with E-state index in [0.717, 1.165) is 35.4 Å². The van der Waals surface area contributed by atoms with Gasteiger partial charge in [0.05, 0.1) is 16.7 Å². The Hall–Kier alpha value is -2.36. The van der Waals surface area contributed by atoms with Gasteiger partial charge in [0.25, 0.3) is 0 Å². The van der Waals surface area contributed by atoms with Crippen LogP contribution >= 0.6 is 0 Å². The SMILES string of the molecule is CCCn1c(-c2cncc(N)c2)nc2ccccc21. The summed E-state index contributed by atoms with van der Waals surface area (Å²) in [6, 6.07) is 10.1. The van der Waals surface area contributed by atoms with E-state index < -0.39 is 0 Å². The molecule has 0 aliphatic heterocycles. The summed E-state index contributed by atoms with van der Waals surface area (Å²) >= 11 is 0. The summed E-state index contributed by atoms with van der Waals surface area (Å²) < 4.78 is 2.23. The summed E-state index contributed by atoms with van der Waals surface area (Å²) in [7, 11) is 0. The van der Waals surface area contributed by atoms with Gasteiger partial charge in [-0.3, -0.25) is 4.98 Å². The van der Waals surface area contributed by atoms with Gasteiger partial charge in [-0.2, -0.15) is 0 Å². The summed E-state index contributed by atoms with van der Waals surface area (Å²) in [5.74, 6) is 0.933. The highest BCUT2D eigenvalue weighted by Crippen LogP contribution is 2.25. The molecule has 0 radical (unpaired) electrons. The minimum atomic E-state index is 0.660. The number of nitrogens with zero attached hydrogens (tertiary/aromatic N) is 3. The van der Waals surface area contributed by atoms with Crippen LogP contribution in [0.5, 0.6) is 0 Å². The van der Waals surface area contributed by atoms with Crippen molar-refractivity contribution < 1.29 is 0 Å². The second-order valence-corrected chi connectivity index (χ2v) is 4.58. The van der Waals surface area contributed by atoms with Gasteiger partial charge in [0.1, 0.15) is 5.82 Å². The standard InChI is InChI=1S/C15H16N4/c1-2-7-19-14-6-4-3-5-13(14)18-15(19)11-8-12(16)10-17-9-11/h3-6,8-10H,2,7,16H2,1H3. The molecule has 3 rings (SSSR count). The van der Waals surface area contributed by atoms with E-state index in [1.807, 2.05) is 30.5 Å². The molecule has 0 unspecified atom stereocenters. The third kappa shape index (κ3) is 2.05. The third-order valence-electron chi connectivity index (χ3n) is 3.12. The average molecular weight is 252 g/mol. The van der Waals surface area contributed by atoms with Crippen LogP contribution in [-0.4, -0.2) is 14.5 Å². The number of fused-ring (bicyclic) bond motifs is 1. The molecule has 2 N–H and O–H groups in total. The largest absolute Gasteiger partial charge is 0.397 e. The van der Waals surface area contributed by atoms with Gasteiger partial charge < -0.3 is 10.3 Å². The molecule has 0 amide bonds. The maximum atomic E-state index is 5.81. The van der Waals surface area contributed by atoms with E-state index in [1.54, 1.807) is 6.20 Å². The molecule has 0 saturated heterocycles. The van der Waals surface area contributed by atoms with Crippen LogP contribution < -0.4 is 5.73 Å². The van der Waals surface area contributed by atoms with Crippen LogP contribution in [-0.2, 0) is 6.54 Å². The molecule has 3 aromatic rings. The first-order chi connectivity index (χ1) is 9.29. The molecular weight excluding hydrogens is 236 g/mol. The van der Waals surface area contributed by atoms with Crippen molar-refractivity contribution in [2.75, 3.05) is 5.73 Å². The molecular formula is C15H16N4. The number of hydrogen-bond acceptors (Lipinski definition) is 3. The average Bonchev–Trinajstić information content (AvgIpc) is 2.79. The smallest absolute Gasteiger partial charge is 0.142 e. The number of aryl methyl sites for hydroxylation is 1. The number of hydrogen-bond donors (Lipinski definition) is 1. The Morgan fingerprint density at radius 2 is 2.05 bits per heavy atom. The molecule has 0 atom stereocenters. The monoisotopic (exact) mass is 252 g/mol. The van der Waals surface area contributed by atoms with E-state index in [0.29, 0.717) is 5.69 Å². The Labute approximate surface area is 111 Å². The summed E-state index contributed by atoms with van der Waals surface area (Å²) in [4.78, 5) is 8.86. The first kappa shape index (κ1) is 11.7. The van der Waals surface area contributed by atoms with Crippen molar-refractivity contribution in [1.29, 1.82) is 0 Å². The van der Waals surface area contributed by atoms with Crippen molar-refractivity contribution in [1.82, 2.24) is 14.5 Å². The van der Waals surface area contributed by atoms with Gasteiger partial charge in [-0.05, 0) is 24.6 Å². The maximum Gasteiger partial charge on any atom is 0.142 e. The van der Waals surface area contributed by atoms with E-state index in [1.165, 1.54) is 0 Å². The summed E-state index contributed by atoms with van der Waals surface area (Å²) in [6.07, 6.45) is 4.52. The quantitative estimate of drug-likeness (QED) is 0.779. The molecule has 0 aliphatic rings. The number of nitrogen functional groups attached to an aromatic ring is 1. The Bertz CT molecular complexity index is 715. The van der Waals surface area contributed by atoms with Crippen molar-refractivity contribution in [3.05, 3.63) is 42.7 Å². The Kier molecular flexibility index (Phi) is 2.91. The van der Waals surface area contributed by atoms with Crippen LogP contribution in [0.4, 0.5) is 5.69 Å². The second kappa shape index (κ2) is 4.72. The molecule has 19 heavy (non-hydrogen) atoms. The number of para-hydroxylation sites is 2. The van der Waals surface area contributed by atoms with Crippen molar-refractivity contribution in [2.24, 2.45) is 0 Å². The van der Waals surface area contributed by atoms with E-state index in [4.69, 9.17) is 10.7 Å². The highest BCUT2D eigenvalue weighted by molar-refractivity contribution is 5.80. The van der Waals surface area contributed by atoms with Crippen LogP contribution in [0.3, 0.4) is 0 Å². The van der Waals surface area contributed by atoms with E-state index in [2.05, 4.69) is 22.5 Å². The Balaban J connectivity index is 2.25. The van der Waals surface area contributed by atoms with Gasteiger partial charge >= 0.3 is 0 Å². The lowest BCUT2D eigenvalue weighted by atomic mass is 10.2. The molecule has 0 fully saturated rings. The fourth-order valence-corrected chi connectivity index (χ4v) is 2.33. The van der Waals surface area contributed by atoms with Crippen molar-refractivity contribution in [3.63, 3.8) is 0 Å². The van der Waals surface area contributed by atoms with Crippen molar-refractivity contribution in [3.8, 4) is 11.4 Å². The highest BCUT2D eigenvalue weighted by atomic mass is 15.1. The van der Waals surface area contributed by atoms with E-state index in [9.17, 15) is 0 Å². The number of pyridine rings is 1. The third-order valence-corrected chi connectivity index (χ3v) is 3.12. The minimum absolute atomic E-state index is 0.660. The van der Waals surface area contributed by atoms with Gasteiger partial charge in [-0.25, -0.2) is 4.98 Å². The van der Waals surface area contributed by atoms with Crippen LogP contribution in [0.2, 0.25) is 0 Å². The summed E-state index contributed by atoms with van der Waals surface area (Å²) in [6.45, 7) is 3.10.